The van der Waals surface area contributed by atoms with Crippen LogP contribution in [0.2, 0.25) is 0 Å². The van der Waals surface area contributed by atoms with Gasteiger partial charge in [-0.3, -0.25) is 0 Å². The molecule has 0 bridgehead atoms. The van der Waals surface area contributed by atoms with Gasteiger partial charge in [0.25, 0.3) is 0 Å². The fraction of sp³-hybridized carbons (Fsp3) is 0.625. The van der Waals surface area contributed by atoms with Gasteiger partial charge in [0.05, 0.1) is 7.11 Å². The first-order valence-electron chi connectivity index (χ1n) is 3.97. The lowest BCUT2D eigenvalue weighted by Crippen LogP contribution is -1.96. The maximum absolute atomic E-state index is 5.05. The normalized spacial score (nSPS) is 13.2. The van der Waals surface area contributed by atoms with Crippen molar-refractivity contribution in [3.63, 3.8) is 0 Å². The lowest BCUT2D eigenvalue weighted by atomic mass is 10.1. The lowest BCUT2D eigenvalue weighted by molar-refractivity contribution is 0.230. The van der Waals surface area contributed by atoms with Crippen LogP contribution in [-0.2, 0) is 4.74 Å². The van der Waals surface area contributed by atoms with Gasteiger partial charge in [0.15, 0.2) is 0 Å². The molecule has 1 rings (SSSR count). The first kappa shape index (κ1) is 9.19. The van der Waals surface area contributed by atoms with E-state index in [0.717, 1.165) is 12.8 Å². The first-order valence-corrected chi connectivity index (χ1v) is 3.97. The molecule has 0 aliphatic carbocycles. The van der Waals surface area contributed by atoms with Crippen LogP contribution in [0, 0.1) is 7.11 Å². The Hall–Kier alpha value is -0.900. The molecule has 0 aliphatic heterocycles. The maximum Gasteiger partial charge on any atom is 0.219 e. The first-order chi connectivity index (χ1) is 5.84. The van der Waals surface area contributed by atoms with E-state index in [0.29, 0.717) is 18.4 Å². The molecule has 0 fully saturated rings. The van der Waals surface area contributed by atoms with E-state index in [1.807, 2.05) is 0 Å². The molecule has 12 heavy (non-hydrogen) atoms. The van der Waals surface area contributed by atoms with Gasteiger partial charge in [-0.15, -0.1) is 10.2 Å². The third kappa shape index (κ3) is 2.62. The minimum absolute atomic E-state index is 0.308. The van der Waals surface area contributed by atoms with Gasteiger partial charge in [-0.2, -0.15) is 0 Å². The van der Waals surface area contributed by atoms with Crippen LogP contribution >= 0.6 is 0 Å². The molecule has 4 heteroatoms. The fourth-order valence-corrected chi connectivity index (χ4v) is 1.01. The van der Waals surface area contributed by atoms with Crippen LogP contribution in [0.4, 0.5) is 0 Å². The van der Waals surface area contributed by atoms with Crippen LogP contribution in [0.1, 0.15) is 31.6 Å². The molecule has 1 aromatic heterocycles. The van der Waals surface area contributed by atoms with Gasteiger partial charge in [-0.05, 0) is 12.8 Å². The molecule has 0 saturated carbocycles. The highest BCUT2D eigenvalue weighted by Crippen LogP contribution is 2.17. The van der Waals surface area contributed by atoms with Gasteiger partial charge in [-0.1, -0.05) is 6.92 Å². The minimum atomic E-state index is 0.308. The summed E-state index contributed by atoms with van der Waals surface area (Å²) in [6.07, 6.45) is 3.30. The van der Waals surface area contributed by atoms with Crippen LogP contribution in [0.5, 0.6) is 0 Å². The summed E-state index contributed by atoms with van der Waals surface area (Å²) in [5, 5.41) is 7.43. The summed E-state index contributed by atoms with van der Waals surface area (Å²) in [4.78, 5) is 0. The SMILES string of the molecule is [CH2]OCCCC(C)c1nnco1. The topological polar surface area (TPSA) is 48.2 Å². The van der Waals surface area contributed by atoms with E-state index in [1.165, 1.54) is 6.39 Å². The van der Waals surface area contributed by atoms with Crippen molar-refractivity contribution in [1.82, 2.24) is 10.2 Å². The van der Waals surface area contributed by atoms with Crippen LogP contribution < -0.4 is 0 Å². The zero-order valence-corrected chi connectivity index (χ0v) is 7.19. The summed E-state index contributed by atoms with van der Waals surface area (Å²) in [7, 11) is 3.29. The molecule has 0 spiro atoms. The van der Waals surface area contributed by atoms with Gasteiger partial charge < -0.3 is 9.15 Å². The molecule has 0 amide bonds. The Bertz CT molecular complexity index is 199. The van der Waals surface area contributed by atoms with E-state index < -0.39 is 0 Å². The second-order valence-electron chi connectivity index (χ2n) is 2.73. The standard InChI is InChI=1S/C8H13N2O2/c1-7(4-3-5-11-2)8-10-9-6-12-8/h6-7H,2-5H2,1H3. The quantitative estimate of drug-likeness (QED) is 0.630. The van der Waals surface area contributed by atoms with E-state index >= 15 is 0 Å². The molecule has 1 unspecified atom stereocenters. The fourth-order valence-electron chi connectivity index (χ4n) is 1.01. The Morgan fingerprint density at radius 2 is 2.58 bits per heavy atom. The summed E-state index contributed by atoms with van der Waals surface area (Å²) in [6, 6.07) is 0. The van der Waals surface area contributed by atoms with Crippen LogP contribution in [-0.4, -0.2) is 16.8 Å². The predicted molar refractivity (Wildman–Crippen MR) is 43.3 cm³/mol. The number of ether oxygens (including phenoxy) is 1. The molecule has 0 N–H and O–H groups in total. The molecule has 1 atom stereocenters. The Kier molecular flexibility index (Phi) is 3.73. The minimum Gasteiger partial charge on any atom is -0.428 e. The summed E-state index contributed by atoms with van der Waals surface area (Å²) < 4.78 is 9.74. The zero-order chi connectivity index (χ0) is 8.81. The number of hydrogen-bond donors (Lipinski definition) is 0. The number of aromatic nitrogens is 2. The van der Waals surface area contributed by atoms with Crippen LogP contribution in [0.15, 0.2) is 10.8 Å². The van der Waals surface area contributed by atoms with Crippen LogP contribution in [0.3, 0.4) is 0 Å². The van der Waals surface area contributed by atoms with Gasteiger partial charge in [0.1, 0.15) is 0 Å². The summed E-state index contributed by atoms with van der Waals surface area (Å²) >= 11 is 0. The van der Waals surface area contributed by atoms with Crippen LogP contribution in [0.25, 0.3) is 0 Å². The number of rotatable bonds is 5. The van der Waals surface area contributed by atoms with Crippen molar-refractivity contribution in [3.05, 3.63) is 19.4 Å². The number of hydrogen-bond acceptors (Lipinski definition) is 4. The molecule has 0 saturated heterocycles. The van der Waals surface area contributed by atoms with E-state index in [2.05, 4.69) is 24.2 Å². The van der Waals surface area contributed by atoms with E-state index in [1.54, 1.807) is 0 Å². The lowest BCUT2D eigenvalue weighted by Gasteiger charge is -2.04. The summed E-state index contributed by atoms with van der Waals surface area (Å²) in [5.41, 5.74) is 0. The maximum atomic E-state index is 5.05. The van der Waals surface area contributed by atoms with Crippen molar-refractivity contribution >= 4 is 0 Å². The molecule has 0 aromatic carbocycles. The summed E-state index contributed by atoms with van der Waals surface area (Å²) in [5.74, 6) is 1.00. The Morgan fingerprint density at radius 1 is 1.75 bits per heavy atom. The van der Waals surface area contributed by atoms with E-state index in [4.69, 9.17) is 9.15 Å². The third-order valence-electron chi connectivity index (χ3n) is 1.72. The second kappa shape index (κ2) is 4.87. The van der Waals surface area contributed by atoms with E-state index in [-0.39, 0.29) is 0 Å². The molecule has 0 aliphatic rings. The van der Waals surface area contributed by atoms with Crippen molar-refractivity contribution in [3.8, 4) is 0 Å². The van der Waals surface area contributed by atoms with Gasteiger partial charge in [0, 0.05) is 12.5 Å². The monoisotopic (exact) mass is 169 g/mol. The van der Waals surface area contributed by atoms with Gasteiger partial charge in [-0.25, -0.2) is 0 Å². The van der Waals surface area contributed by atoms with E-state index in [9.17, 15) is 0 Å². The van der Waals surface area contributed by atoms with Gasteiger partial charge in [0.2, 0.25) is 12.3 Å². The molecular formula is C8H13N2O2. The van der Waals surface area contributed by atoms with Gasteiger partial charge >= 0.3 is 0 Å². The number of nitrogens with zero attached hydrogens (tertiary/aromatic N) is 2. The predicted octanol–water partition coefficient (Wildman–Crippen LogP) is 1.76. The summed E-state index contributed by atoms with van der Waals surface area (Å²) in [6.45, 7) is 2.73. The zero-order valence-electron chi connectivity index (χ0n) is 7.19. The largest absolute Gasteiger partial charge is 0.428 e. The van der Waals surface area contributed by atoms with Crippen molar-refractivity contribution in [1.29, 1.82) is 0 Å². The van der Waals surface area contributed by atoms with Crippen molar-refractivity contribution in [2.45, 2.75) is 25.7 Å². The Morgan fingerprint density at radius 3 is 3.17 bits per heavy atom. The van der Waals surface area contributed by atoms with Crippen molar-refractivity contribution < 1.29 is 9.15 Å². The third-order valence-corrected chi connectivity index (χ3v) is 1.72. The highest BCUT2D eigenvalue weighted by atomic mass is 16.5. The Labute approximate surface area is 71.9 Å². The molecule has 67 valence electrons. The molecule has 4 nitrogen and oxygen atoms in total. The smallest absolute Gasteiger partial charge is 0.219 e. The Balaban J connectivity index is 2.25. The van der Waals surface area contributed by atoms with Crippen molar-refractivity contribution in [2.24, 2.45) is 0 Å². The molecule has 1 heterocycles. The molecule has 1 aromatic rings. The highest BCUT2D eigenvalue weighted by molar-refractivity contribution is 4.84. The highest BCUT2D eigenvalue weighted by Gasteiger charge is 2.09. The average molecular weight is 169 g/mol. The molecule has 1 radical (unpaired) electrons. The molecular weight excluding hydrogens is 156 g/mol. The second-order valence-corrected chi connectivity index (χ2v) is 2.73. The van der Waals surface area contributed by atoms with Crippen molar-refractivity contribution in [2.75, 3.05) is 6.61 Å². The average Bonchev–Trinajstić information content (AvgIpc) is 2.56.